The summed E-state index contributed by atoms with van der Waals surface area (Å²) < 4.78 is 88.9. The summed E-state index contributed by atoms with van der Waals surface area (Å²) in [7, 11) is -2.76. The molecule has 2 amide bonds. The van der Waals surface area contributed by atoms with E-state index in [4.69, 9.17) is 25.8 Å². The molecule has 5 rings (SSSR count). The van der Waals surface area contributed by atoms with Gasteiger partial charge in [0.2, 0.25) is 0 Å². The van der Waals surface area contributed by atoms with E-state index in [2.05, 4.69) is 10.1 Å². The molecule has 4 aromatic rings. The van der Waals surface area contributed by atoms with Gasteiger partial charge >= 0.3 is 12.5 Å². The van der Waals surface area contributed by atoms with E-state index in [-0.39, 0.29) is 43.4 Å². The number of hydrogen-bond donors (Lipinski definition) is 1. The number of fused-ring (bicyclic) bond motifs is 1. The SMILES string of the molecule is COc1ccc(S(=O)(=O)N2C(=O)C(NC(=O)Oc3ccccc3)(c3ccccc3OC)c3cc(Cl)ccc32)c(OC(F)(F)F)c1. The molecule has 1 aliphatic heterocycles. The number of para-hydroxylation sites is 2. The molecule has 234 valence electrons. The molecule has 45 heavy (non-hydrogen) atoms. The van der Waals surface area contributed by atoms with Gasteiger partial charge in [0.25, 0.3) is 15.9 Å². The van der Waals surface area contributed by atoms with Crippen molar-refractivity contribution in [2.45, 2.75) is 16.8 Å². The predicted octanol–water partition coefficient (Wildman–Crippen LogP) is 6.02. The molecule has 1 atom stereocenters. The molecule has 0 spiro atoms. The summed E-state index contributed by atoms with van der Waals surface area (Å²) in [5.74, 6) is -2.46. The lowest BCUT2D eigenvalue weighted by molar-refractivity contribution is -0.275. The number of benzene rings is 4. The van der Waals surface area contributed by atoms with Gasteiger partial charge in [-0.2, -0.15) is 4.31 Å². The number of anilines is 1. The van der Waals surface area contributed by atoms with E-state index in [1.807, 2.05) is 0 Å². The van der Waals surface area contributed by atoms with Crippen LogP contribution in [0.1, 0.15) is 11.1 Å². The van der Waals surface area contributed by atoms with Crippen LogP contribution in [-0.2, 0) is 20.4 Å². The number of sulfonamides is 1. The summed E-state index contributed by atoms with van der Waals surface area (Å²) >= 11 is 6.32. The Kier molecular flexibility index (Phi) is 8.29. The van der Waals surface area contributed by atoms with Crippen molar-refractivity contribution in [2.24, 2.45) is 0 Å². The number of carbonyl (C=O) groups excluding carboxylic acids is 2. The Morgan fingerprint density at radius 1 is 0.844 bits per heavy atom. The standard InChI is InChI=1S/C30H22ClF3N2O8S/c1-41-20-13-15-26(25(17-20)44-30(32,33)34)45(39,40)36-23-14-12-18(31)16-22(23)29(27(36)37,21-10-6-7-11-24(21)42-2)35-28(38)43-19-8-4-3-5-9-19/h3-17H,1-2H3,(H,35,38). The van der Waals surface area contributed by atoms with Crippen molar-refractivity contribution in [3.05, 3.63) is 107 Å². The first-order valence-electron chi connectivity index (χ1n) is 12.8. The molecule has 0 aliphatic carbocycles. The zero-order valence-electron chi connectivity index (χ0n) is 23.3. The van der Waals surface area contributed by atoms with Crippen molar-refractivity contribution in [1.82, 2.24) is 5.32 Å². The Morgan fingerprint density at radius 3 is 2.20 bits per heavy atom. The fourth-order valence-electron chi connectivity index (χ4n) is 4.91. The maximum absolute atomic E-state index is 14.7. The van der Waals surface area contributed by atoms with Crippen molar-refractivity contribution in [3.8, 4) is 23.0 Å². The summed E-state index contributed by atoms with van der Waals surface area (Å²) in [6, 6.07) is 20.1. The Labute approximate surface area is 259 Å². The number of nitrogens with zero attached hydrogens (tertiary/aromatic N) is 1. The lowest BCUT2D eigenvalue weighted by Gasteiger charge is -2.31. The molecule has 1 unspecified atom stereocenters. The monoisotopic (exact) mass is 662 g/mol. The summed E-state index contributed by atoms with van der Waals surface area (Å²) in [5, 5.41) is 2.55. The van der Waals surface area contributed by atoms with Gasteiger partial charge in [-0.25, -0.2) is 13.2 Å². The molecule has 1 N–H and O–H groups in total. The van der Waals surface area contributed by atoms with E-state index >= 15 is 0 Å². The lowest BCUT2D eigenvalue weighted by Crippen LogP contribution is -2.55. The molecular weight excluding hydrogens is 641 g/mol. The van der Waals surface area contributed by atoms with E-state index in [9.17, 15) is 31.2 Å². The predicted molar refractivity (Wildman–Crippen MR) is 155 cm³/mol. The van der Waals surface area contributed by atoms with Gasteiger partial charge in [-0.1, -0.05) is 48.0 Å². The second-order valence-electron chi connectivity index (χ2n) is 9.37. The molecule has 1 heterocycles. The lowest BCUT2D eigenvalue weighted by atomic mass is 9.83. The number of nitrogens with one attached hydrogen (secondary N) is 1. The summed E-state index contributed by atoms with van der Waals surface area (Å²) in [6.07, 6.45) is -6.47. The average molecular weight is 663 g/mol. The van der Waals surface area contributed by atoms with E-state index < -0.39 is 44.6 Å². The van der Waals surface area contributed by atoms with Gasteiger partial charge in [-0.05, 0) is 48.5 Å². The topological polar surface area (TPSA) is 120 Å². The molecule has 0 saturated heterocycles. The van der Waals surface area contributed by atoms with Crippen LogP contribution in [0.2, 0.25) is 5.02 Å². The number of alkyl halides is 3. The first kappa shape index (κ1) is 31.5. The normalized spacial score (nSPS) is 16.1. The highest BCUT2D eigenvalue weighted by atomic mass is 35.5. The molecule has 0 aromatic heterocycles. The van der Waals surface area contributed by atoms with Gasteiger partial charge in [0.15, 0.2) is 11.3 Å². The van der Waals surface area contributed by atoms with E-state index in [0.29, 0.717) is 6.07 Å². The number of methoxy groups -OCH3 is 2. The van der Waals surface area contributed by atoms with Gasteiger partial charge in [0, 0.05) is 22.2 Å². The third-order valence-electron chi connectivity index (χ3n) is 6.74. The number of rotatable bonds is 8. The Bertz CT molecular complexity index is 1890. The largest absolute Gasteiger partial charge is 0.573 e. The molecule has 0 radical (unpaired) electrons. The second-order valence-corrected chi connectivity index (χ2v) is 11.6. The zero-order chi connectivity index (χ0) is 32.6. The van der Waals surface area contributed by atoms with E-state index in [0.717, 1.165) is 19.2 Å². The number of halogens is 4. The molecule has 1 aliphatic rings. The Hall–Kier alpha value is -4.95. The molecule has 0 bridgehead atoms. The third-order valence-corrected chi connectivity index (χ3v) is 8.71. The smallest absolute Gasteiger partial charge is 0.497 e. The van der Waals surface area contributed by atoms with Crippen LogP contribution in [0.3, 0.4) is 0 Å². The van der Waals surface area contributed by atoms with Crippen LogP contribution in [0, 0.1) is 0 Å². The van der Waals surface area contributed by atoms with E-state index in [1.165, 1.54) is 55.6 Å². The Balaban J connectivity index is 1.75. The first-order valence-corrected chi connectivity index (χ1v) is 14.7. The molecule has 10 nitrogen and oxygen atoms in total. The highest BCUT2D eigenvalue weighted by Crippen LogP contribution is 2.50. The summed E-state index contributed by atoms with van der Waals surface area (Å²) in [6.45, 7) is 0. The van der Waals surface area contributed by atoms with Crippen LogP contribution >= 0.6 is 11.6 Å². The maximum Gasteiger partial charge on any atom is 0.573 e. The fraction of sp³-hybridized carbons (Fsp3) is 0.133. The van der Waals surface area contributed by atoms with Crippen LogP contribution in [0.4, 0.5) is 23.7 Å². The molecule has 4 aromatic carbocycles. The fourth-order valence-corrected chi connectivity index (χ4v) is 6.65. The van der Waals surface area contributed by atoms with E-state index in [1.54, 1.807) is 24.3 Å². The number of carbonyl (C=O) groups is 2. The highest BCUT2D eigenvalue weighted by Gasteiger charge is 2.59. The van der Waals surface area contributed by atoms with Crippen molar-refractivity contribution >= 4 is 39.3 Å². The molecule has 0 fully saturated rings. The summed E-state index contributed by atoms with van der Waals surface area (Å²) in [4.78, 5) is 27.1. The average Bonchev–Trinajstić information content (AvgIpc) is 3.24. The van der Waals surface area contributed by atoms with Gasteiger partial charge in [-0.3, -0.25) is 10.1 Å². The highest BCUT2D eigenvalue weighted by molar-refractivity contribution is 7.93. The first-order chi connectivity index (χ1) is 21.3. The van der Waals surface area contributed by atoms with Crippen LogP contribution in [0.5, 0.6) is 23.0 Å². The Morgan fingerprint density at radius 2 is 1.53 bits per heavy atom. The summed E-state index contributed by atoms with van der Waals surface area (Å²) in [5.41, 5.74) is -2.84. The van der Waals surface area contributed by atoms with Crippen LogP contribution < -0.4 is 28.6 Å². The van der Waals surface area contributed by atoms with Crippen molar-refractivity contribution < 1.29 is 50.1 Å². The van der Waals surface area contributed by atoms with Gasteiger partial charge in [0.05, 0.1) is 19.9 Å². The zero-order valence-corrected chi connectivity index (χ0v) is 24.9. The van der Waals surface area contributed by atoms with Gasteiger partial charge in [-0.15, -0.1) is 13.2 Å². The third kappa shape index (κ3) is 5.81. The van der Waals surface area contributed by atoms with Crippen molar-refractivity contribution in [1.29, 1.82) is 0 Å². The van der Waals surface area contributed by atoms with Crippen LogP contribution in [-0.4, -0.2) is 41.0 Å². The molecule has 0 saturated carbocycles. The minimum absolute atomic E-state index is 0.0229. The second kappa shape index (κ2) is 11.9. The number of hydrogen-bond acceptors (Lipinski definition) is 8. The van der Waals surface area contributed by atoms with Crippen molar-refractivity contribution in [2.75, 3.05) is 18.5 Å². The van der Waals surface area contributed by atoms with Gasteiger partial charge < -0.3 is 18.9 Å². The molecule has 15 heteroatoms. The molecular formula is C30H22ClF3N2O8S. The van der Waals surface area contributed by atoms with Crippen molar-refractivity contribution in [3.63, 3.8) is 0 Å². The minimum Gasteiger partial charge on any atom is -0.497 e. The van der Waals surface area contributed by atoms with Crippen LogP contribution in [0.25, 0.3) is 0 Å². The quantitative estimate of drug-likeness (QED) is 0.243. The number of ether oxygens (including phenoxy) is 4. The maximum atomic E-state index is 14.7. The van der Waals surface area contributed by atoms with Crippen LogP contribution in [0.15, 0.2) is 95.9 Å². The van der Waals surface area contributed by atoms with Gasteiger partial charge in [0.1, 0.15) is 22.1 Å². The minimum atomic E-state index is -5.30. The number of amides is 2.